The highest BCUT2D eigenvalue weighted by Gasteiger charge is 2.15. The van der Waals surface area contributed by atoms with Crippen LogP contribution in [0, 0.1) is 10.1 Å². The molecule has 0 spiro atoms. The Morgan fingerprint density at radius 2 is 2.20 bits per heavy atom. The average Bonchev–Trinajstić information content (AvgIpc) is 2.25. The maximum Gasteiger partial charge on any atom is 0.311 e. The van der Waals surface area contributed by atoms with E-state index in [1.165, 1.54) is 25.3 Å². The molecule has 82 valence electrons. The third-order valence-corrected chi connectivity index (χ3v) is 1.83. The van der Waals surface area contributed by atoms with Crippen molar-refractivity contribution < 1.29 is 14.4 Å². The molecule has 1 aromatic rings. The van der Waals surface area contributed by atoms with E-state index < -0.39 is 4.92 Å². The number of ether oxygens (including phenoxy) is 2. The maximum absolute atomic E-state index is 10.7. The molecule has 0 saturated carbocycles. The van der Waals surface area contributed by atoms with Gasteiger partial charge in [0.05, 0.1) is 18.6 Å². The average molecular weight is 211 g/mol. The van der Waals surface area contributed by atoms with Crippen LogP contribution in [0.3, 0.4) is 0 Å². The van der Waals surface area contributed by atoms with E-state index >= 15 is 0 Å². The molecular formula is C10H13NO4. The Balaban J connectivity index is 2.99. The zero-order valence-electron chi connectivity index (χ0n) is 8.73. The first-order valence-corrected chi connectivity index (χ1v) is 4.64. The molecule has 0 unspecified atom stereocenters. The molecule has 0 aliphatic heterocycles. The summed E-state index contributed by atoms with van der Waals surface area (Å²) < 4.78 is 10.2. The molecule has 0 aliphatic carbocycles. The summed E-state index contributed by atoms with van der Waals surface area (Å²) in [6.07, 6.45) is 0.800. The predicted octanol–water partition coefficient (Wildman–Crippen LogP) is 2.39. The van der Waals surface area contributed by atoms with Crippen LogP contribution in [0.15, 0.2) is 18.2 Å². The van der Waals surface area contributed by atoms with Crippen LogP contribution < -0.4 is 9.47 Å². The van der Waals surface area contributed by atoms with Gasteiger partial charge in [0.2, 0.25) is 5.75 Å². The maximum atomic E-state index is 10.7. The third kappa shape index (κ3) is 2.83. The third-order valence-electron chi connectivity index (χ3n) is 1.83. The van der Waals surface area contributed by atoms with E-state index in [-0.39, 0.29) is 11.4 Å². The number of benzene rings is 1. The van der Waals surface area contributed by atoms with Crippen LogP contribution in [0.1, 0.15) is 13.3 Å². The first-order chi connectivity index (χ1) is 7.19. The second-order valence-electron chi connectivity index (χ2n) is 2.94. The molecule has 0 saturated heterocycles. The van der Waals surface area contributed by atoms with Crippen molar-refractivity contribution >= 4 is 5.69 Å². The lowest BCUT2D eigenvalue weighted by atomic mass is 10.3. The van der Waals surface area contributed by atoms with Crippen molar-refractivity contribution in [2.45, 2.75) is 13.3 Å². The normalized spacial score (nSPS) is 9.73. The van der Waals surface area contributed by atoms with Crippen LogP contribution >= 0.6 is 0 Å². The molecule has 0 fully saturated rings. The Morgan fingerprint density at radius 3 is 2.73 bits per heavy atom. The van der Waals surface area contributed by atoms with Gasteiger partial charge in [-0.2, -0.15) is 0 Å². The Morgan fingerprint density at radius 1 is 1.47 bits per heavy atom. The molecule has 0 aromatic heterocycles. The smallest absolute Gasteiger partial charge is 0.311 e. The van der Waals surface area contributed by atoms with Crippen LogP contribution in [0.2, 0.25) is 0 Å². The standard InChI is InChI=1S/C10H13NO4/c1-3-6-15-10-7-8(14-2)4-5-9(10)11(12)13/h4-5,7H,3,6H2,1-2H3. The molecular weight excluding hydrogens is 198 g/mol. The minimum absolute atomic E-state index is 0.0377. The van der Waals surface area contributed by atoms with Crippen molar-refractivity contribution in [2.75, 3.05) is 13.7 Å². The lowest BCUT2D eigenvalue weighted by molar-refractivity contribution is -0.385. The Hall–Kier alpha value is -1.78. The highest BCUT2D eigenvalue weighted by atomic mass is 16.6. The fourth-order valence-electron chi connectivity index (χ4n) is 1.10. The van der Waals surface area contributed by atoms with Crippen LogP contribution in [0.5, 0.6) is 11.5 Å². The summed E-state index contributed by atoms with van der Waals surface area (Å²) in [7, 11) is 1.50. The number of nitro groups is 1. The van der Waals surface area contributed by atoms with Gasteiger partial charge in [-0.1, -0.05) is 6.92 Å². The SMILES string of the molecule is CCCOc1cc(OC)ccc1[N+](=O)[O-]. The summed E-state index contributed by atoms with van der Waals surface area (Å²) in [5.74, 6) is 0.799. The zero-order valence-corrected chi connectivity index (χ0v) is 8.73. The van der Waals surface area contributed by atoms with E-state index in [0.29, 0.717) is 12.4 Å². The Bertz CT molecular complexity index is 351. The lowest BCUT2D eigenvalue weighted by Crippen LogP contribution is -1.99. The molecule has 0 N–H and O–H groups in total. The molecule has 5 nitrogen and oxygen atoms in total. The highest BCUT2D eigenvalue weighted by molar-refractivity contribution is 5.50. The van der Waals surface area contributed by atoms with Crippen LogP contribution in [0.4, 0.5) is 5.69 Å². The number of nitrogens with zero attached hydrogens (tertiary/aromatic N) is 1. The summed E-state index contributed by atoms with van der Waals surface area (Å²) in [4.78, 5) is 10.2. The van der Waals surface area contributed by atoms with E-state index in [1.54, 1.807) is 0 Å². The van der Waals surface area contributed by atoms with Crippen molar-refractivity contribution in [1.82, 2.24) is 0 Å². The van der Waals surface area contributed by atoms with Gasteiger partial charge >= 0.3 is 5.69 Å². The monoisotopic (exact) mass is 211 g/mol. The van der Waals surface area contributed by atoms with Gasteiger partial charge in [-0.15, -0.1) is 0 Å². The summed E-state index contributed by atoms with van der Waals surface area (Å²) in [5, 5.41) is 10.7. The Labute approximate surface area is 87.8 Å². The molecule has 5 heteroatoms. The number of nitro benzene ring substituents is 1. The van der Waals surface area contributed by atoms with E-state index in [9.17, 15) is 10.1 Å². The van der Waals surface area contributed by atoms with Crippen LogP contribution in [-0.2, 0) is 0 Å². The minimum Gasteiger partial charge on any atom is -0.497 e. The minimum atomic E-state index is -0.468. The van der Waals surface area contributed by atoms with Crippen molar-refractivity contribution in [2.24, 2.45) is 0 Å². The molecule has 0 aliphatic rings. The van der Waals surface area contributed by atoms with Crippen LogP contribution in [0.25, 0.3) is 0 Å². The van der Waals surface area contributed by atoms with Gasteiger partial charge in [-0.25, -0.2) is 0 Å². The second-order valence-corrected chi connectivity index (χ2v) is 2.94. The van der Waals surface area contributed by atoms with Crippen LogP contribution in [-0.4, -0.2) is 18.6 Å². The van der Waals surface area contributed by atoms with Gasteiger partial charge in [0.25, 0.3) is 0 Å². The molecule has 0 atom stereocenters. The van der Waals surface area contributed by atoms with Crippen molar-refractivity contribution in [1.29, 1.82) is 0 Å². The van der Waals surface area contributed by atoms with Gasteiger partial charge in [0.1, 0.15) is 5.75 Å². The van der Waals surface area contributed by atoms with Crippen molar-refractivity contribution in [3.63, 3.8) is 0 Å². The lowest BCUT2D eigenvalue weighted by Gasteiger charge is -2.06. The quantitative estimate of drug-likeness (QED) is 0.554. The van der Waals surface area contributed by atoms with Gasteiger partial charge in [0.15, 0.2) is 0 Å². The predicted molar refractivity (Wildman–Crippen MR) is 55.4 cm³/mol. The summed E-state index contributed by atoms with van der Waals surface area (Å²) in [6.45, 7) is 2.39. The molecule has 15 heavy (non-hydrogen) atoms. The first kappa shape index (κ1) is 11.3. The van der Waals surface area contributed by atoms with E-state index in [2.05, 4.69) is 0 Å². The highest BCUT2D eigenvalue weighted by Crippen LogP contribution is 2.30. The van der Waals surface area contributed by atoms with E-state index in [4.69, 9.17) is 9.47 Å². The van der Waals surface area contributed by atoms with E-state index in [1.807, 2.05) is 6.92 Å². The first-order valence-electron chi connectivity index (χ1n) is 4.64. The number of hydrogen-bond acceptors (Lipinski definition) is 4. The summed E-state index contributed by atoms with van der Waals surface area (Å²) in [5.41, 5.74) is -0.0377. The molecule has 1 aromatic carbocycles. The molecule has 0 radical (unpaired) electrons. The van der Waals surface area contributed by atoms with Gasteiger partial charge in [0, 0.05) is 12.1 Å². The topological polar surface area (TPSA) is 61.6 Å². The molecule has 1 rings (SSSR count). The van der Waals surface area contributed by atoms with Crippen molar-refractivity contribution in [3.05, 3.63) is 28.3 Å². The largest absolute Gasteiger partial charge is 0.497 e. The summed E-state index contributed by atoms with van der Waals surface area (Å²) in [6, 6.07) is 4.44. The summed E-state index contributed by atoms with van der Waals surface area (Å²) >= 11 is 0. The van der Waals surface area contributed by atoms with Gasteiger partial charge in [-0.05, 0) is 12.5 Å². The second kappa shape index (κ2) is 5.19. The molecule has 0 heterocycles. The molecule has 0 bridgehead atoms. The number of hydrogen-bond donors (Lipinski definition) is 0. The van der Waals surface area contributed by atoms with Gasteiger partial charge < -0.3 is 9.47 Å². The van der Waals surface area contributed by atoms with Gasteiger partial charge in [-0.3, -0.25) is 10.1 Å². The molecule has 0 amide bonds. The van der Waals surface area contributed by atoms with Crippen molar-refractivity contribution in [3.8, 4) is 11.5 Å². The van der Waals surface area contributed by atoms with E-state index in [0.717, 1.165) is 6.42 Å². The fourth-order valence-corrected chi connectivity index (χ4v) is 1.10. The fraction of sp³-hybridized carbons (Fsp3) is 0.400. The number of methoxy groups -OCH3 is 1. The Kier molecular flexibility index (Phi) is 3.91. The zero-order chi connectivity index (χ0) is 11.3. The number of rotatable bonds is 5.